The third-order valence-corrected chi connectivity index (χ3v) is 2.92. The monoisotopic (exact) mass is 250 g/mol. The first-order chi connectivity index (χ1) is 9.05. The molecule has 0 atom stereocenters. The molecule has 0 aromatic heterocycles. The van der Waals surface area contributed by atoms with Crippen LogP contribution in [-0.4, -0.2) is 0 Å². The molecule has 0 radical (unpaired) electrons. The molecule has 2 aromatic rings. The van der Waals surface area contributed by atoms with Gasteiger partial charge in [0.15, 0.2) is 0 Å². The molecule has 0 N–H and O–H groups in total. The maximum Gasteiger partial charge on any atom is 0.124 e. The van der Waals surface area contributed by atoms with Crippen molar-refractivity contribution in [2.24, 2.45) is 0 Å². The first-order valence-electron chi connectivity index (χ1n) is 5.77. The summed E-state index contributed by atoms with van der Waals surface area (Å²) < 4.78 is 13.3. The maximum atomic E-state index is 13.3. The third kappa shape index (κ3) is 2.46. The summed E-state index contributed by atoms with van der Waals surface area (Å²) in [6.07, 6.45) is 0. The van der Waals surface area contributed by atoms with Crippen molar-refractivity contribution >= 4 is 0 Å². The van der Waals surface area contributed by atoms with E-state index in [9.17, 15) is 4.39 Å². The van der Waals surface area contributed by atoms with E-state index in [4.69, 9.17) is 10.5 Å². The number of hydrogen-bond donors (Lipinski definition) is 0. The fourth-order valence-corrected chi connectivity index (χ4v) is 2.21. The molecule has 0 heterocycles. The predicted octanol–water partition coefficient (Wildman–Crippen LogP) is 3.85. The Morgan fingerprint density at radius 3 is 2.32 bits per heavy atom. The van der Waals surface area contributed by atoms with Gasteiger partial charge in [0.05, 0.1) is 23.3 Å². The molecule has 0 bridgehead atoms. The van der Waals surface area contributed by atoms with Crippen molar-refractivity contribution in [2.75, 3.05) is 0 Å². The van der Waals surface area contributed by atoms with E-state index in [1.54, 1.807) is 19.1 Å². The molecule has 0 aliphatic rings. The topological polar surface area (TPSA) is 47.6 Å². The Labute approximate surface area is 111 Å². The van der Waals surface area contributed by atoms with Gasteiger partial charge in [0.2, 0.25) is 0 Å². The van der Waals surface area contributed by atoms with Gasteiger partial charge < -0.3 is 0 Å². The second kappa shape index (κ2) is 4.92. The van der Waals surface area contributed by atoms with Gasteiger partial charge in [0, 0.05) is 5.56 Å². The average Bonchev–Trinajstić information content (AvgIpc) is 2.36. The van der Waals surface area contributed by atoms with E-state index in [2.05, 4.69) is 6.07 Å². The van der Waals surface area contributed by atoms with Crippen LogP contribution in [0.3, 0.4) is 0 Å². The average molecular weight is 250 g/mol. The van der Waals surface area contributed by atoms with Crippen molar-refractivity contribution in [1.29, 1.82) is 10.5 Å². The van der Waals surface area contributed by atoms with Gasteiger partial charge in [0.1, 0.15) is 5.82 Å². The summed E-state index contributed by atoms with van der Waals surface area (Å²) >= 11 is 0. The quantitative estimate of drug-likeness (QED) is 0.771. The summed E-state index contributed by atoms with van der Waals surface area (Å²) in [4.78, 5) is 0. The van der Waals surface area contributed by atoms with Gasteiger partial charge in [-0.25, -0.2) is 4.39 Å². The highest BCUT2D eigenvalue weighted by Gasteiger charge is 2.11. The van der Waals surface area contributed by atoms with Crippen molar-refractivity contribution in [3.05, 3.63) is 58.4 Å². The fourth-order valence-electron chi connectivity index (χ4n) is 2.21. The Morgan fingerprint density at radius 2 is 1.68 bits per heavy atom. The van der Waals surface area contributed by atoms with Crippen molar-refractivity contribution in [1.82, 2.24) is 0 Å². The van der Waals surface area contributed by atoms with Crippen LogP contribution in [0.5, 0.6) is 0 Å². The van der Waals surface area contributed by atoms with Crippen LogP contribution in [0.4, 0.5) is 4.39 Å². The summed E-state index contributed by atoms with van der Waals surface area (Å²) in [6, 6.07) is 12.1. The lowest BCUT2D eigenvalue weighted by Crippen LogP contribution is -1.93. The minimum absolute atomic E-state index is 0.284. The Morgan fingerprint density at radius 1 is 0.947 bits per heavy atom. The molecule has 0 aliphatic carbocycles. The molecule has 19 heavy (non-hydrogen) atoms. The lowest BCUT2D eigenvalue weighted by atomic mass is 9.93. The van der Waals surface area contributed by atoms with E-state index in [1.165, 1.54) is 12.1 Å². The highest BCUT2D eigenvalue weighted by Crippen LogP contribution is 2.29. The Hall–Kier alpha value is -2.65. The van der Waals surface area contributed by atoms with E-state index in [-0.39, 0.29) is 5.56 Å². The van der Waals surface area contributed by atoms with E-state index in [1.807, 2.05) is 19.1 Å². The van der Waals surface area contributed by atoms with E-state index in [0.29, 0.717) is 16.7 Å². The summed E-state index contributed by atoms with van der Waals surface area (Å²) in [6.45, 7) is 3.64. The van der Waals surface area contributed by atoms with Crippen LogP contribution < -0.4 is 0 Å². The second-order valence-electron chi connectivity index (χ2n) is 4.46. The van der Waals surface area contributed by atoms with Crippen LogP contribution in [0.2, 0.25) is 0 Å². The van der Waals surface area contributed by atoms with Crippen molar-refractivity contribution in [2.45, 2.75) is 13.8 Å². The molecule has 92 valence electrons. The molecule has 3 heteroatoms. The molecule has 0 unspecified atom stereocenters. The molecular weight excluding hydrogens is 239 g/mol. The van der Waals surface area contributed by atoms with Crippen LogP contribution in [0.15, 0.2) is 30.3 Å². The van der Waals surface area contributed by atoms with Crippen LogP contribution in [0, 0.1) is 42.3 Å². The Balaban J connectivity index is 2.76. The van der Waals surface area contributed by atoms with E-state index in [0.717, 1.165) is 11.1 Å². The Bertz CT molecular complexity index is 734. The van der Waals surface area contributed by atoms with Crippen LogP contribution >= 0.6 is 0 Å². The van der Waals surface area contributed by atoms with Gasteiger partial charge in [0.25, 0.3) is 0 Å². The number of hydrogen-bond acceptors (Lipinski definition) is 2. The summed E-state index contributed by atoms with van der Waals surface area (Å²) in [5.41, 5.74) is 3.89. The Kier molecular flexibility index (Phi) is 3.31. The SMILES string of the molecule is Cc1cc(C#N)cc(-c2c(C)cc(F)cc2C#N)c1. The van der Waals surface area contributed by atoms with E-state index < -0.39 is 5.82 Å². The van der Waals surface area contributed by atoms with Crippen LogP contribution in [0.25, 0.3) is 11.1 Å². The molecule has 2 aromatic carbocycles. The molecule has 0 saturated heterocycles. The highest BCUT2D eigenvalue weighted by molar-refractivity contribution is 5.75. The molecule has 0 amide bonds. The first-order valence-corrected chi connectivity index (χ1v) is 5.77. The normalized spacial score (nSPS) is 9.74. The number of rotatable bonds is 1. The van der Waals surface area contributed by atoms with Gasteiger partial charge in [-0.2, -0.15) is 10.5 Å². The fraction of sp³-hybridized carbons (Fsp3) is 0.125. The maximum absolute atomic E-state index is 13.3. The van der Waals surface area contributed by atoms with Gasteiger partial charge in [-0.3, -0.25) is 0 Å². The van der Waals surface area contributed by atoms with Crippen molar-refractivity contribution in [3.63, 3.8) is 0 Å². The zero-order chi connectivity index (χ0) is 14.0. The number of nitriles is 2. The molecule has 0 saturated carbocycles. The minimum Gasteiger partial charge on any atom is -0.207 e. The van der Waals surface area contributed by atoms with Gasteiger partial charge in [-0.15, -0.1) is 0 Å². The number of nitrogens with zero attached hydrogens (tertiary/aromatic N) is 2. The molecule has 0 aliphatic heterocycles. The highest BCUT2D eigenvalue weighted by atomic mass is 19.1. The molecule has 2 nitrogen and oxygen atoms in total. The third-order valence-electron chi connectivity index (χ3n) is 2.92. The second-order valence-corrected chi connectivity index (χ2v) is 4.46. The van der Waals surface area contributed by atoms with E-state index >= 15 is 0 Å². The minimum atomic E-state index is -0.425. The number of benzene rings is 2. The van der Waals surface area contributed by atoms with Crippen molar-refractivity contribution in [3.8, 4) is 23.3 Å². The lowest BCUT2D eigenvalue weighted by Gasteiger charge is -2.10. The van der Waals surface area contributed by atoms with Crippen molar-refractivity contribution < 1.29 is 4.39 Å². The number of aryl methyl sites for hydroxylation is 2. The summed E-state index contributed by atoms with van der Waals surface area (Å²) in [5, 5.41) is 18.1. The first kappa shape index (κ1) is 12.8. The standard InChI is InChI=1S/C16H11FN2/c1-10-3-12(8-18)6-13(4-10)16-11(2)5-15(17)7-14(16)9-19/h3-7H,1-2H3. The lowest BCUT2D eigenvalue weighted by molar-refractivity contribution is 0.626. The summed E-state index contributed by atoms with van der Waals surface area (Å²) in [7, 11) is 0. The molecule has 0 fully saturated rings. The van der Waals surface area contributed by atoms with Gasteiger partial charge in [-0.1, -0.05) is 6.07 Å². The molecule has 0 spiro atoms. The zero-order valence-corrected chi connectivity index (χ0v) is 10.7. The van der Waals surface area contributed by atoms with Gasteiger partial charge >= 0.3 is 0 Å². The summed E-state index contributed by atoms with van der Waals surface area (Å²) in [5.74, 6) is -0.425. The smallest absolute Gasteiger partial charge is 0.124 e. The molecule has 2 rings (SSSR count). The van der Waals surface area contributed by atoms with Crippen LogP contribution in [-0.2, 0) is 0 Å². The molecular formula is C16H11FN2. The van der Waals surface area contributed by atoms with Gasteiger partial charge in [-0.05, 0) is 54.8 Å². The predicted molar refractivity (Wildman–Crippen MR) is 70.7 cm³/mol. The zero-order valence-electron chi connectivity index (χ0n) is 10.7. The van der Waals surface area contributed by atoms with Crippen LogP contribution in [0.1, 0.15) is 22.3 Å². The number of halogens is 1. The largest absolute Gasteiger partial charge is 0.207 e.